The third-order valence-corrected chi connectivity index (χ3v) is 5.23. The highest BCUT2D eigenvalue weighted by atomic mass is 127. The molecule has 0 unspecified atom stereocenters. The van der Waals surface area contributed by atoms with Gasteiger partial charge in [0.1, 0.15) is 0 Å². The molecule has 7 heteroatoms. The van der Waals surface area contributed by atoms with Gasteiger partial charge in [-0.25, -0.2) is 4.99 Å². The standard InChI is InChI=1S/C22H34N6.HI/c1-3-13-27-15-10-21(11-16-27)26-22(23-4-2)24-17-19-8-5-6-9-20(19)18-28-14-7-12-25-28;/h5-9,12,14,21H,3-4,10-11,13,15-18H2,1-2H3,(H2,23,24,26);1H. The third-order valence-electron chi connectivity index (χ3n) is 5.23. The van der Waals surface area contributed by atoms with Crippen molar-refractivity contribution in [2.45, 2.75) is 52.2 Å². The molecule has 160 valence electrons. The van der Waals surface area contributed by atoms with E-state index in [9.17, 15) is 0 Å². The van der Waals surface area contributed by atoms with Crippen molar-refractivity contribution in [3.05, 3.63) is 53.9 Å². The second-order valence-corrected chi connectivity index (χ2v) is 7.43. The second kappa shape index (κ2) is 12.8. The van der Waals surface area contributed by atoms with E-state index in [1.165, 1.54) is 50.0 Å². The molecule has 0 bridgehead atoms. The molecule has 29 heavy (non-hydrogen) atoms. The first kappa shape index (κ1) is 23.7. The predicted molar refractivity (Wildman–Crippen MR) is 131 cm³/mol. The molecular formula is C22H35IN6. The number of piperidine rings is 1. The first-order valence-electron chi connectivity index (χ1n) is 10.6. The minimum Gasteiger partial charge on any atom is -0.357 e. The molecule has 3 rings (SSSR count). The summed E-state index contributed by atoms with van der Waals surface area (Å²) < 4.78 is 1.95. The second-order valence-electron chi connectivity index (χ2n) is 7.43. The van der Waals surface area contributed by atoms with Gasteiger partial charge in [-0.3, -0.25) is 4.68 Å². The molecule has 0 aliphatic carbocycles. The molecule has 1 aromatic carbocycles. The molecule has 0 spiro atoms. The van der Waals surface area contributed by atoms with E-state index in [-0.39, 0.29) is 24.0 Å². The van der Waals surface area contributed by atoms with Crippen molar-refractivity contribution in [3.63, 3.8) is 0 Å². The van der Waals surface area contributed by atoms with E-state index in [1.54, 1.807) is 0 Å². The summed E-state index contributed by atoms with van der Waals surface area (Å²) in [6.07, 6.45) is 7.41. The highest BCUT2D eigenvalue weighted by Gasteiger charge is 2.19. The number of nitrogens with one attached hydrogen (secondary N) is 2. The first-order chi connectivity index (χ1) is 13.8. The molecule has 0 atom stereocenters. The van der Waals surface area contributed by atoms with Crippen molar-refractivity contribution in [2.75, 3.05) is 26.2 Å². The lowest BCUT2D eigenvalue weighted by Gasteiger charge is -2.32. The van der Waals surface area contributed by atoms with Crippen molar-refractivity contribution in [3.8, 4) is 0 Å². The van der Waals surface area contributed by atoms with E-state index in [2.05, 4.69) is 58.7 Å². The number of hydrogen-bond donors (Lipinski definition) is 2. The smallest absolute Gasteiger partial charge is 0.191 e. The number of rotatable bonds is 8. The molecular weight excluding hydrogens is 475 g/mol. The number of halogens is 1. The number of benzene rings is 1. The van der Waals surface area contributed by atoms with Crippen LogP contribution in [0.25, 0.3) is 0 Å². The summed E-state index contributed by atoms with van der Waals surface area (Å²) in [6, 6.07) is 11.0. The molecule has 6 nitrogen and oxygen atoms in total. The number of guanidine groups is 1. The van der Waals surface area contributed by atoms with Gasteiger partial charge in [-0.2, -0.15) is 5.10 Å². The van der Waals surface area contributed by atoms with Crippen LogP contribution in [-0.2, 0) is 13.1 Å². The number of hydrogen-bond acceptors (Lipinski definition) is 3. The van der Waals surface area contributed by atoms with Gasteiger partial charge in [0.15, 0.2) is 5.96 Å². The van der Waals surface area contributed by atoms with Gasteiger partial charge in [0, 0.05) is 38.1 Å². The number of nitrogens with zero attached hydrogens (tertiary/aromatic N) is 4. The normalized spacial score (nSPS) is 15.7. The highest BCUT2D eigenvalue weighted by Crippen LogP contribution is 2.13. The summed E-state index contributed by atoms with van der Waals surface area (Å²) >= 11 is 0. The topological polar surface area (TPSA) is 57.5 Å². The van der Waals surface area contributed by atoms with Gasteiger partial charge in [-0.05, 0) is 49.9 Å². The van der Waals surface area contributed by atoms with Crippen LogP contribution in [0.5, 0.6) is 0 Å². The Bertz CT molecular complexity index is 723. The highest BCUT2D eigenvalue weighted by molar-refractivity contribution is 14.0. The quantitative estimate of drug-likeness (QED) is 0.325. The largest absolute Gasteiger partial charge is 0.357 e. The van der Waals surface area contributed by atoms with E-state index >= 15 is 0 Å². The zero-order chi connectivity index (χ0) is 19.6. The van der Waals surface area contributed by atoms with Crippen LogP contribution in [0.1, 0.15) is 44.2 Å². The minimum absolute atomic E-state index is 0. The first-order valence-corrected chi connectivity index (χ1v) is 10.6. The predicted octanol–water partition coefficient (Wildman–Crippen LogP) is 3.48. The zero-order valence-electron chi connectivity index (χ0n) is 17.7. The SMILES string of the molecule is CCCN1CCC(NC(=NCc2ccccc2Cn2cccn2)NCC)CC1.I. The van der Waals surface area contributed by atoms with Crippen molar-refractivity contribution in [1.29, 1.82) is 0 Å². The van der Waals surface area contributed by atoms with E-state index in [0.717, 1.165) is 19.0 Å². The summed E-state index contributed by atoms with van der Waals surface area (Å²) in [5.41, 5.74) is 2.51. The average Bonchev–Trinajstić information content (AvgIpc) is 3.22. The van der Waals surface area contributed by atoms with Crippen LogP contribution < -0.4 is 10.6 Å². The molecule has 1 aliphatic heterocycles. The maximum absolute atomic E-state index is 4.87. The Morgan fingerprint density at radius 2 is 1.90 bits per heavy atom. The van der Waals surface area contributed by atoms with Crippen LogP contribution in [0.3, 0.4) is 0 Å². The van der Waals surface area contributed by atoms with Crippen LogP contribution >= 0.6 is 24.0 Å². The molecule has 0 amide bonds. The Kier molecular flexibility index (Phi) is 10.5. The van der Waals surface area contributed by atoms with Crippen molar-refractivity contribution in [1.82, 2.24) is 25.3 Å². The van der Waals surface area contributed by atoms with Gasteiger partial charge in [-0.1, -0.05) is 31.2 Å². The van der Waals surface area contributed by atoms with Crippen LogP contribution in [0.4, 0.5) is 0 Å². The summed E-state index contributed by atoms with van der Waals surface area (Å²) in [4.78, 5) is 7.44. The lowest BCUT2D eigenvalue weighted by Crippen LogP contribution is -2.48. The van der Waals surface area contributed by atoms with Crippen LogP contribution in [0, 0.1) is 0 Å². The molecule has 1 fully saturated rings. The van der Waals surface area contributed by atoms with E-state index in [4.69, 9.17) is 4.99 Å². The molecule has 0 radical (unpaired) electrons. The number of likely N-dealkylation sites (tertiary alicyclic amines) is 1. The van der Waals surface area contributed by atoms with Crippen LogP contribution in [0.2, 0.25) is 0 Å². The monoisotopic (exact) mass is 510 g/mol. The summed E-state index contributed by atoms with van der Waals surface area (Å²) in [6.45, 7) is 10.3. The third kappa shape index (κ3) is 7.62. The Balaban J connectivity index is 0.00000300. The van der Waals surface area contributed by atoms with Crippen LogP contribution in [-0.4, -0.2) is 52.9 Å². The average molecular weight is 510 g/mol. The molecule has 1 aliphatic rings. The maximum atomic E-state index is 4.87. The lowest BCUT2D eigenvalue weighted by atomic mass is 10.1. The summed E-state index contributed by atoms with van der Waals surface area (Å²) in [5, 5.41) is 11.4. The van der Waals surface area contributed by atoms with E-state index < -0.39 is 0 Å². The van der Waals surface area contributed by atoms with E-state index in [1.807, 2.05) is 23.1 Å². The van der Waals surface area contributed by atoms with Gasteiger partial charge >= 0.3 is 0 Å². The molecule has 2 aromatic rings. The van der Waals surface area contributed by atoms with Gasteiger partial charge < -0.3 is 15.5 Å². The Morgan fingerprint density at radius 1 is 1.14 bits per heavy atom. The van der Waals surface area contributed by atoms with Gasteiger partial charge in [-0.15, -0.1) is 24.0 Å². The summed E-state index contributed by atoms with van der Waals surface area (Å²) in [5.74, 6) is 0.922. The van der Waals surface area contributed by atoms with Gasteiger partial charge in [0.2, 0.25) is 0 Å². The van der Waals surface area contributed by atoms with Crippen molar-refractivity contribution in [2.24, 2.45) is 4.99 Å². The fourth-order valence-electron chi connectivity index (χ4n) is 3.73. The molecule has 1 saturated heterocycles. The van der Waals surface area contributed by atoms with Crippen molar-refractivity contribution >= 4 is 29.9 Å². The Morgan fingerprint density at radius 3 is 2.55 bits per heavy atom. The molecule has 1 aromatic heterocycles. The van der Waals surface area contributed by atoms with Crippen molar-refractivity contribution < 1.29 is 0 Å². The fraction of sp³-hybridized carbons (Fsp3) is 0.545. The minimum atomic E-state index is 0. The number of aliphatic imine (C=N–C) groups is 1. The summed E-state index contributed by atoms with van der Waals surface area (Å²) in [7, 11) is 0. The van der Waals surface area contributed by atoms with Crippen LogP contribution in [0.15, 0.2) is 47.7 Å². The maximum Gasteiger partial charge on any atom is 0.191 e. The van der Waals surface area contributed by atoms with E-state index in [0.29, 0.717) is 12.6 Å². The molecule has 0 saturated carbocycles. The fourth-order valence-corrected chi connectivity index (χ4v) is 3.73. The Labute approximate surface area is 192 Å². The molecule has 2 N–H and O–H groups in total. The Hall–Kier alpha value is -1.61. The lowest BCUT2D eigenvalue weighted by molar-refractivity contribution is 0.206. The number of aromatic nitrogens is 2. The van der Waals surface area contributed by atoms with Gasteiger partial charge in [0.25, 0.3) is 0 Å². The van der Waals surface area contributed by atoms with Gasteiger partial charge in [0.05, 0.1) is 13.1 Å². The molecule has 2 heterocycles. The zero-order valence-corrected chi connectivity index (χ0v) is 20.0.